The van der Waals surface area contributed by atoms with E-state index in [1.54, 1.807) is 0 Å². The van der Waals surface area contributed by atoms with Gasteiger partial charge in [-0.15, -0.1) is 5.10 Å². The van der Waals surface area contributed by atoms with Crippen molar-refractivity contribution in [3.8, 4) is 5.75 Å². The highest BCUT2D eigenvalue weighted by atomic mass is 79.9. The van der Waals surface area contributed by atoms with Gasteiger partial charge >= 0.3 is 0 Å². The smallest absolute Gasteiger partial charge is 0.136 e. The Morgan fingerprint density at radius 3 is 2.40 bits per heavy atom. The molecule has 0 aliphatic rings. The third-order valence-electron chi connectivity index (χ3n) is 3.86. The summed E-state index contributed by atoms with van der Waals surface area (Å²) in [5, 5.41) is 8.64. The third kappa shape index (κ3) is 4.23. The molecule has 6 heteroatoms. The number of rotatable bonds is 4. The van der Waals surface area contributed by atoms with Crippen LogP contribution in [0.1, 0.15) is 39.4 Å². The molecule has 1 aromatic heterocycles. The van der Waals surface area contributed by atoms with E-state index in [2.05, 4.69) is 75.1 Å². The summed E-state index contributed by atoms with van der Waals surface area (Å²) in [6, 6.07) is 12.2. The summed E-state index contributed by atoms with van der Waals surface area (Å²) in [5.74, 6) is 0.769. The number of halogens is 2. The zero-order chi connectivity index (χ0) is 18.2. The number of hydrogen-bond acceptors (Lipinski definition) is 3. The van der Waals surface area contributed by atoms with Gasteiger partial charge in [-0.25, -0.2) is 4.68 Å². The van der Waals surface area contributed by atoms with Crippen molar-refractivity contribution >= 4 is 42.9 Å². The molecule has 0 aliphatic carbocycles. The lowest BCUT2D eigenvalue weighted by atomic mass is 9.97. The fourth-order valence-electron chi connectivity index (χ4n) is 2.64. The van der Waals surface area contributed by atoms with Crippen LogP contribution in [0.4, 0.5) is 0 Å². The van der Waals surface area contributed by atoms with Gasteiger partial charge in [-0.05, 0) is 58.1 Å². The van der Waals surface area contributed by atoms with Crippen LogP contribution in [0.25, 0.3) is 11.0 Å². The van der Waals surface area contributed by atoms with E-state index in [1.165, 1.54) is 0 Å². The molecule has 0 fully saturated rings. The Bertz CT molecular complexity index is 882. The van der Waals surface area contributed by atoms with Crippen molar-refractivity contribution in [3.05, 3.63) is 50.9 Å². The number of benzene rings is 2. The molecule has 1 unspecified atom stereocenters. The summed E-state index contributed by atoms with van der Waals surface area (Å²) in [5.41, 5.74) is 3.08. The van der Waals surface area contributed by atoms with Crippen LogP contribution < -0.4 is 4.74 Å². The van der Waals surface area contributed by atoms with E-state index in [0.29, 0.717) is 0 Å². The second-order valence-electron chi connectivity index (χ2n) is 7.36. The van der Waals surface area contributed by atoms with Gasteiger partial charge in [-0.1, -0.05) is 54.0 Å². The first-order chi connectivity index (χ1) is 11.7. The van der Waals surface area contributed by atoms with Crippen LogP contribution in [0.3, 0.4) is 0 Å². The van der Waals surface area contributed by atoms with Gasteiger partial charge in [0.1, 0.15) is 17.4 Å². The van der Waals surface area contributed by atoms with Crippen LogP contribution in [-0.4, -0.2) is 15.0 Å². The molecule has 0 spiro atoms. The molecular formula is C19H21Br2N3O. The van der Waals surface area contributed by atoms with E-state index in [-0.39, 0.29) is 11.5 Å². The zero-order valence-electron chi connectivity index (χ0n) is 14.8. The lowest BCUT2D eigenvalue weighted by Crippen LogP contribution is -2.16. The first kappa shape index (κ1) is 18.4. The predicted molar refractivity (Wildman–Crippen MR) is 108 cm³/mol. The highest BCUT2D eigenvalue weighted by Gasteiger charge is 2.18. The molecule has 1 atom stereocenters. The Balaban J connectivity index is 1.88. The van der Waals surface area contributed by atoms with Crippen molar-refractivity contribution in [2.75, 3.05) is 0 Å². The normalized spacial score (nSPS) is 13.2. The molecule has 4 nitrogen and oxygen atoms in total. The Morgan fingerprint density at radius 2 is 1.76 bits per heavy atom. The van der Waals surface area contributed by atoms with E-state index in [9.17, 15) is 0 Å². The van der Waals surface area contributed by atoms with E-state index in [4.69, 9.17) is 4.74 Å². The lowest BCUT2D eigenvalue weighted by molar-refractivity contribution is 0.225. The monoisotopic (exact) mass is 465 g/mol. The second kappa shape index (κ2) is 7.08. The van der Waals surface area contributed by atoms with E-state index >= 15 is 0 Å². The average Bonchev–Trinajstić information content (AvgIpc) is 2.92. The van der Waals surface area contributed by atoms with Crippen LogP contribution in [0.2, 0.25) is 0 Å². The SMILES string of the molecule is CC(Oc1ccc2c(nnn2CC(C)(C)C)c1Br)c1ccc(Br)cc1. The van der Waals surface area contributed by atoms with Gasteiger partial charge in [0.05, 0.1) is 9.99 Å². The van der Waals surface area contributed by atoms with Gasteiger partial charge in [0.2, 0.25) is 0 Å². The number of ether oxygens (including phenoxy) is 1. The van der Waals surface area contributed by atoms with Crippen LogP contribution in [0.5, 0.6) is 5.75 Å². The molecule has 0 aliphatic heterocycles. The molecule has 25 heavy (non-hydrogen) atoms. The molecule has 3 rings (SSSR count). The number of nitrogens with zero attached hydrogens (tertiary/aromatic N) is 3. The first-order valence-corrected chi connectivity index (χ1v) is 9.77. The number of fused-ring (bicyclic) bond motifs is 1. The molecule has 0 radical (unpaired) electrons. The van der Waals surface area contributed by atoms with E-state index in [1.807, 2.05) is 35.9 Å². The summed E-state index contributed by atoms with van der Waals surface area (Å²) < 4.78 is 10.00. The van der Waals surface area contributed by atoms with Crippen LogP contribution in [-0.2, 0) is 6.54 Å². The van der Waals surface area contributed by atoms with Crippen molar-refractivity contribution in [1.82, 2.24) is 15.0 Å². The standard InChI is InChI=1S/C19H21Br2N3O/c1-12(13-5-7-14(20)8-6-13)25-16-10-9-15-18(17(16)21)22-23-24(15)11-19(2,3)4/h5-10,12H,11H2,1-4H3. The molecular weight excluding hydrogens is 446 g/mol. The third-order valence-corrected chi connectivity index (χ3v) is 5.15. The lowest BCUT2D eigenvalue weighted by Gasteiger charge is -2.18. The van der Waals surface area contributed by atoms with Gasteiger partial charge in [0.25, 0.3) is 0 Å². The zero-order valence-corrected chi connectivity index (χ0v) is 17.9. The summed E-state index contributed by atoms with van der Waals surface area (Å²) in [4.78, 5) is 0. The molecule has 0 bridgehead atoms. The molecule has 132 valence electrons. The summed E-state index contributed by atoms with van der Waals surface area (Å²) in [6.07, 6.45) is -0.0635. The van der Waals surface area contributed by atoms with Crippen molar-refractivity contribution in [3.63, 3.8) is 0 Å². The van der Waals surface area contributed by atoms with Gasteiger partial charge in [-0.2, -0.15) is 0 Å². The fourth-order valence-corrected chi connectivity index (χ4v) is 3.41. The molecule has 0 saturated carbocycles. The Kier molecular flexibility index (Phi) is 5.21. The topological polar surface area (TPSA) is 39.9 Å². The Morgan fingerprint density at radius 1 is 1.08 bits per heavy atom. The molecule has 2 aromatic carbocycles. The highest BCUT2D eigenvalue weighted by Crippen LogP contribution is 2.35. The molecule has 3 aromatic rings. The summed E-state index contributed by atoms with van der Waals surface area (Å²) in [6.45, 7) is 9.41. The van der Waals surface area contributed by atoms with Crippen molar-refractivity contribution in [2.24, 2.45) is 5.41 Å². The quantitative estimate of drug-likeness (QED) is 0.463. The van der Waals surface area contributed by atoms with Gasteiger partial charge in [0.15, 0.2) is 0 Å². The maximum atomic E-state index is 6.15. The second-order valence-corrected chi connectivity index (χ2v) is 9.07. The Hall–Kier alpha value is -1.40. The maximum Gasteiger partial charge on any atom is 0.136 e. The van der Waals surface area contributed by atoms with E-state index in [0.717, 1.165) is 37.8 Å². The summed E-state index contributed by atoms with van der Waals surface area (Å²) in [7, 11) is 0. The molecule has 0 saturated heterocycles. The predicted octanol–water partition coefficient (Wildman–Crippen LogP) is 6.14. The molecule has 0 amide bonds. The molecule has 1 heterocycles. The minimum atomic E-state index is -0.0635. The van der Waals surface area contributed by atoms with Gasteiger partial charge < -0.3 is 4.74 Å². The van der Waals surface area contributed by atoms with E-state index < -0.39 is 0 Å². The van der Waals surface area contributed by atoms with Crippen LogP contribution in [0.15, 0.2) is 45.3 Å². The number of aromatic nitrogens is 3. The number of hydrogen-bond donors (Lipinski definition) is 0. The minimum Gasteiger partial charge on any atom is -0.485 e. The van der Waals surface area contributed by atoms with Gasteiger partial charge in [-0.3, -0.25) is 0 Å². The van der Waals surface area contributed by atoms with Gasteiger partial charge in [0, 0.05) is 11.0 Å². The fraction of sp³-hybridized carbons (Fsp3) is 0.368. The average molecular weight is 467 g/mol. The van der Waals surface area contributed by atoms with Crippen LogP contribution >= 0.6 is 31.9 Å². The minimum absolute atomic E-state index is 0.0635. The summed E-state index contributed by atoms with van der Waals surface area (Å²) >= 11 is 7.10. The maximum absolute atomic E-state index is 6.15. The van der Waals surface area contributed by atoms with Crippen molar-refractivity contribution in [2.45, 2.75) is 40.3 Å². The highest BCUT2D eigenvalue weighted by molar-refractivity contribution is 9.11. The van der Waals surface area contributed by atoms with Crippen molar-refractivity contribution in [1.29, 1.82) is 0 Å². The Labute approximate surface area is 164 Å². The van der Waals surface area contributed by atoms with Crippen molar-refractivity contribution < 1.29 is 4.74 Å². The van der Waals surface area contributed by atoms with Crippen LogP contribution in [0, 0.1) is 5.41 Å². The molecule has 0 N–H and O–H groups in total. The largest absolute Gasteiger partial charge is 0.485 e. The first-order valence-electron chi connectivity index (χ1n) is 8.18.